The second-order valence-electron chi connectivity index (χ2n) is 5.72. The van der Waals surface area contributed by atoms with Gasteiger partial charge in [0.2, 0.25) is 0 Å². The molecule has 108 valence electrons. The first-order valence-electron chi connectivity index (χ1n) is 7.34. The lowest BCUT2D eigenvalue weighted by atomic mass is 10.0. The van der Waals surface area contributed by atoms with Crippen LogP contribution in [-0.4, -0.2) is 15.8 Å². The highest BCUT2D eigenvalue weighted by Gasteiger charge is 2.13. The van der Waals surface area contributed by atoms with Gasteiger partial charge in [0.15, 0.2) is 0 Å². The largest absolute Gasteiger partial charge is 0.328 e. The van der Waals surface area contributed by atoms with Crippen molar-refractivity contribution in [2.24, 2.45) is 5.73 Å². The van der Waals surface area contributed by atoms with Crippen LogP contribution in [0, 0.1) is 20.8 Å². The highest BCUT2D eigenvalue weighted by Crippen LogP contribution is 2.22. The van der Waals surface area contributed by atoms with Crippen molar-refractivity contribution in [3.05, 3.63) is 46.3 Å². The van der Waals surface area contributed by atoms with E-state index in [0.717, 1.165) is 18.5 Å². The van der Waals surface area contributed by atoms with Crippen molar-refractivity contribution < 1.29 is 0 Å². The van der Waals surface area contributed by atoms with E-state index in [1.54, 1.807) is 0 Å². The number of hydrogen-bond acceptors (Lipinski definition) is 2. The molecule has 0 aliphatic rings. The molecular formula is C17H25N3. The number of benzene rings is 1. The molecule has 0 bridgehead atoms. The Balaban J connectivity index is 2.51. The maximum absolute atomic E-state index is 5.91. The molecule has 20 heavy (non-hydrogen) atoms. The fourth-order valence-corrected chi connectivity index (χ4v) is 2.80. The molecule has 1 heterocycles. The van der Waals surface area contributed by atoms with E-state index in [0.29, 0.717) is 0 Å². The lowest BCUT2D eigenvalue weighted by Gasteiger charge is -2.12. The van der Waals surface area contributed by atoms with E-state index in [4.69, 9.17) is 10.8 Å². The third-order valence-electron chi connectivity index (χ3n) is 3.85. The second-order valence-corrected chi connectivity index (χ2v) is 5.72. The van der Waals surface area contributed by atoms with E-state index in [-0.39, 0.29) is 6.04 Å². The standard InChI is InChI=1S/C17H25N3/c1-6-16-13(4)19-20(14(16)5)17-10-15(9-12(3)18)8-7-11(17)2/h7-8,10,12H,6,9,18H2,1-5H3. The number of hydrogen-bond donors (Lipinski definition) is 1. The molecule has 2 aromatic rings. The third kappa shape index (κ3) is 2.78. The van der Waals surface area contributed by atoms with Gasteiger partial charge in [-0.3, -0.25) is 0 Å². The molecule has 0 saturated heterocycles. The van der Waals surface area contributed by atoms with Gasteiger partial charge in [0, 0.05) is 11.7 Å². The summed E-state index contributed by atoms with van der Waals surface area (Å²) >= 11 is 0. The molecule has 2 rings (SSSR count). The summed E-state index contributed by atoms with van der Waals surface area (Å²) in [6.07, 6.45) is 1.92. The Kier molecular flexibility index (Phi) is 4.29. The molecule has 0 amide bonds. The first-order valence-corrected chi connectivity index (χ1v) is 7.34. The van der Waals surface area contributed by atoms with Crippen LogP contribution in [0.4, 0.5) is 0 Å². The molecule has 3 nitrogen and oxygen atoms in total. The monoisotopic (exact) mass is 271 g/mol. The summed E-state index contributed by atoms with van der Waals surface area (Å²) in [5.74, 6) is 0. The van der Waals surface area contributed by atoms with Crippen LogP contribution in [0.15, 0.2) is 18.2 Å². The van der Waals surface area contributed by atoms with Gasteiger partial charge in [-0.25, -0.2) is 4.68 Å². The summed E-state index contributed by atoms with van der Waals surface area (Å²) in [7, 11) is 0. The predicted octanol–water partition coefficient (Wildman–Crippen LogP) is 3.25. The molecule has 1 atom stereocenters. The number of rotatable bonds is 4. The molecule has 0 fully saturated rings. The molecule has 1 aromatic heterocycles. The Morgan fingerprint density at radius 2 is 1.95 bits per heavy atom. The second kappa shape index (κ2) is 5.80. The third-order valence-corrected chi connectivity index (χ3v) is 3.85. The first kappa shape index (κ1) is 14.8. The Morgan fingerprint density at radius 3 is 2.50 bits per heavy atom. The molecule has 0 aliphatic carbocycles. The molecule has 0 radical (unpaired) electrons. The van der Waals surface area contributed by atoms with Crippen molar-refractivity contribution in [3.8, 4) is 5.69 Å². The van der Waals surface area contributed by atoms with Crippen molar-refractivity contribution in [3.63, 3.8) is 0 Å². The zero-order valence-corrected chi connectivity index (χ0v) is 13.2. The van der Waals surface area contributed by atoms with Crippen LogP contribution < -0.4 is 5.73 Å². The predicted molar refractivity (Wildman–Crippen MR) is 84.5 cm³/mol. The Labute approximate surface area is 121 Å². The van der Waals surface area contributed by atoms with Gasteiger partial charge >= 0.3 is 0 Å². The Hall–Kier alpha value is -1.61. The van der Waals surface area contributed by atoms with E-state index in [9.17, 15) is 0 Å². The van der Waals surface area contributed by atoms with E-state index in [2.05, 4.69) is 50.6 Å². The van der Waals surface area contributed by atoms with Gasteiger partial charge in [0.25, 0.3) is 0 Å². The van der Waals surface area contributed by atoms with Gasteiger partial charge < -0.3 is 5.73 Å². The highest BCUT2D eigenvalue weighted by molar-refractivity contribution is 5.45. The zero-order valence-electron chi connectivity index (χ0n) is 13.2. The zero-order chi connectivity index (χ0) is 14.9. The molecule has 0 aliphatic heterocycles. The molecule has 2 N–H and O–H groups in total. The normalized spacial score (nSPS) is 12.7. The molecule has 1 aromatic carbocycles. The van der Waals surface area contributed by atoms with Crippen LogP contribution in [0.25, 0.3) is 5.69 Å². The van der Waals surface area contributed by atoms with Crippen LogP contribution in [-0.2, 0) is 12.8 Å². The van der Waals surface area contributed by atoms with Crippen molar-refractivity contribution in [2.75, 3.05) is 0 Å². The SMILES string of the molecule is CCc1c(C)nn(-c2cc(CC(C)N)ccc2C)c1C. The van der Waals surface area contributed by atoms with Gasteiger partial charge in [-0.05, 0) is 63.3 Å². The summed E-state index contributed by atoms with van der Waals surface area (Å²) in [6.45, 7) is 10.6. The minimum Gasteiger partial charge on any atom is -0.328 e. The number of aromatic nitrogens is 2. The molecular weight excluding hydrogens is 246 g/mol. The smallest absolute Gasteiger partial charge is 0.0680 e. The summed E-state index contributed by atoms with van der Waals surface area (Å²) in [5.41, 5.74) is 13.3. The average Bonchev–Trinajstić information content (AvgIpc) is 2.66. The molecule has 3 heteroatoms. The van der Waals surface area contributed by atoms with Gasteiger partial charge in [-0.2, -0.15) is 5.10 Å². The molecule has 0 saturated carbocycles. The number of aryl methyl sites for hydroxylation is 2. The van der Waals surface area contributed by atoms with Crippen molar-refractivity contribution in [1.82, 2.24) is 9.78 Å². The van der Waals surface area contributed by atoms with Gasteiger partial charge in [-0.15, -0.1) is 0 Å². The van der Waals surface area contributed by atoms with Crippen molar-refractivity contribution >= 4 is 0 Å². The van der Waals surface area contributed by atoms with Crippen LogP contribution >= 0.6 is 0 Å². The lowest BCUT2D eigenvalue weighted by molar-refractivity contribution is 0.735. The summed E-state index contributed by atoms with van der Waals surface area (Å²) in [4.78, 5) is 0. The molecule has 1 unspecified atom stereocenters. The fourth-order valence-electron chi connectivity index (χ4n) is 2.80. The number of nitrogens with two attached hydrogens (primary N) is 1. The first-order chi connectivity index (χ1) is 9.43. The van der Waals surface area contributed by atoms with Crippen LogP contribution in [0.1, 0.15) is 41.9 Å². The maximum atomic E-state index is 5.91. The topological polar surface area (TPSA) is 43.8 Å². The minimum atomic E-state index is 0.178. The van der Waals surface area contributed by atoms with E-state index < -0.39 is 0 Å². The van der Waals surface area contributed by atoms with E-state index in [1.165, 1.54) is 28.1 Å². The quantitative estimate of drug-likeness (QED) is 0.927. The van der Waals surface area contributed by atoms with Crippen molar-refractivity contribution in [1.29, 1.82) is 0 Å². The van der Waals surface area contributed by atoms with Crippen LogP contribution in [0.3, 0.4) is 0 Å². The van der Waals surface area contributed by atoms with Gasteiger partial charge in [-0.1, -0.05) is 19.1 Å². The summed E-state index contributed by atoms with van der Waals surface area (Å²) < 4.78 is 2.08. The lowest BCUT2D eigenvalue weighted by Crippen LogP contribution is -2.18. The number of nitrogens with zero attached hydrogens (tertiary/aromatic N) is 2. The molecule has 0 spiro atoms. The average molecular weight is 271 g/mol. The van der Waals surface area contributed by atoms with Crippen molar-refractivity contribution in [2.45, 2.75) is 53.5 Å². The highest BCUT2D eigenvalue weighted by atomic mass is 15.3. The van der Waals surface area contributed by atoms with E-state index in [1.807, 2.05) is 6.92 Å². The van der Waals surface area contributed by atoms with Crippen LogP contribution in [0.5, 0.6) is 0 Å². The Morgan fingerprint density at radius 1 is 1.25 bits per heavy atom. The minimum absolute atomic E-state index is 0.178. The summed E-state index contributed by atoms with van der Waals surface area (Å²) in [5, 5.41) is 4.72. The van der Waals surface area contributed by atoms with Crippen LogP contribution in [0.2, 0.25) is 0 Å². The van der Waals surface area contributed by atoms with Gasteiger partial charge in [0.05, 0.1) is 11.4 Å². The van der Waals surface area contributed by atoms with Gasteiger partial charge in [0.1, 0.15) is 0 Å². The fraction of sp³-hybridized carbons (Fsp3) is 0.471. The Bertz CT molecular complexity index is 609. The van der Waals surface area contributed by atoms with E-state index >= 15 is 0 Å². The summed E-state index contributed by atoms with van der Waals surface area (Å²) in [6, 6.07) is 6.72. The maximum Gasteiger partial charge on any atom is 0.0680 e.